The smallest absolute Gasteiger partial charge is 0.247 e. The fraction of sp³-hybridized carbons (Fsp3) is 0.412. The fourth-order valence-electron chi connectivity index (χ4n) is 5.94. The summed E-state index contributed by atoms with van der Waals surface area (Å²) in [6.07, 6.45) is 6.89. The number of amides is 1. The van der Waals surface area contributed by atoms with Crippen molar-refractivity contribution in [2.24, 2.45) is 7.05 Å². The van der Waals surface area contributed by atoms with Crippen LogP contribution in [0, 0.1) is 0 Å². The van der Waals surface area contributed by atoms with Crippen LogP contribution >= 0.6 is 0 Å². The minimum Gasteiger partial charge on any atom is -0.494 e. The van der Waals surface area contributed by atoms with E-state index in [9.17, 15) is 4.79 Å². The van der Waals surface area contributed by atoms with Gasteiger partial charge < -0.3 is 20.7 Å². The summed E-state index contributed by atoms with van der Waals surface area (Å²) in [5.41, 5.74) is 4.78. The Labute approximate surface area is 265 Å². The first-order chi connectivity index (χ1) is 21.8. The first-order valence-corrected chi connectivity index (χ1v) is 15.7. The van der Waals surface area contributed by atoms with Crippen LogP contribution in [-0.4, -0.2) is 87.4 Å². The number of ether oxygens (including phenoxy) is 1. The van der Waals surface area contributed by atoms with E-state index in [2.05, 4.69) is 69.2 Å². The van der Waals surface area contributed by atoms with Gasteiger partial charge in [-0.15, -0.1) is 0 Å². The Hall–Kier alpha value is -4.48. The molecular formula is C34H45N9O2. The number of aryl methyl sites for hydroxylation is 1. The van der Waals surface area contributed by atoms with Gasteiger partial charge in [0.2, 0.25) is 11.9 Å². The maximum Gasteiger partial charge on any atom is 0.247 e. The van der Waals surface area contributed by atoms with Gasteiger partial charge in [0.05, 0.1) is 41.6 Å². The lowest BCUT2D eigenvalue weighted by molar-refractivity contribution is -0.111. The van der Waals surface area contributed by atoms with Crippen molar-refractivity contribution >= 4 is 39.8 Å². The predicted molar refractivity (Wildman–Crippen MR) is 182 cm³/mol. The van der Waals surface area contributed by atoms with Crippen molar-refractivity contribution in [2.75, 3.05) is 55.8 Å². The standard InChI is InChI=1S/C34H45N9O2/c1-7-26(43-17-15-42(16-18-43)23(3)4)11-13-35-28-21-32(45-6)30(20-29(28)38-33(44)8-2)40-34-36-14-12-27(39-34)24-9-10-31-25(19-24)22-37-41(31)5/h8-10,12,14,19-23,26,35H,2,7,11,13,15-18H2,1,3-6H3,(H,38,44)(H,36,39,40). The molecule has 1 unspecified atom stereocenters. The van der Waals surface area contributed by atoms with Crippen molar-refractivity contribution in [3.05, 3.63) is 61.4 Å². The largest absolute Gasteiger partial charge is 0.494 e. The Kier molecular flexibility index (Phi) is 10.3. The number of piperazine rings is 1. The molecule has 3 N–H and O–H groups in total. The van der Waals surface area contributed by atoms with Crippen molar-refractivity contribution in [3.63, 3.8) is 0 Å². The van der Waals surface area contributed by atoms with E-state index in [0.717, 1.165) is 73.4 Å². The van der Waals surface area contributed by atoms with Crippen LogP contribution in [0.2, 0.25) is 0 Å². The van der Waals surface area contributed by atoms with Crippen LogP contribution in [0.1, 0.15) is 33.6 Å². The van der Waals surface area contributed by atoms with Crippen LogP contribution in [0.4, 0.5) is 23.0 Å². The summed E-state index contributed by atoms with van der Waals surface area (Å²) in [5, 5.41) is 15.2. The second-order valence-electron chi connectivity index (χ2n) is 11.7. The molecule has 1 saturated heterocycles. The third-order valence-electron chi connectivity index (χ3n) is 8.59. The summed E-state index contributed by atoms with van der Waals surface area (Å²) in [4.78, 5) is 26.8. The van der Waals surface area contributed by atoms with Gasteiger partial charge in [0.25, 0.3) is 0 Å². The zero-order chi connectivity index (χ0) is 31.9. The molecule has 238 valence electrons. The summed E-state index contributed by atoms with van der Waals surface area (Å²) in [7, 11) is 3.54. The van der Waals surface area contributed by atoms with Crippen LogP contribution < -0.4 is 20.7 Å². The average molecular weight is 612 g/mol. The Morgan fingerprint density at radius 2 is 1.84 bits per heavy atom. The third kappa shape index (κ3) is 7.61. The number of carbonyl (C=O) groups excluding carboxylic acids is 1. The summed E-state index contributed by atoms with van der Waals surface area (Å²) in [6.45, 7) is 15.6. The molecule has 11 nitrogen and oxygen atoms in total. The predicted octanol–water partition coefficient (Wildman–Crippen LogP) is 5.51. The number of hydrogen-bond donors (Lipinski definition) is 3. The monoisotopic (exact) mass is 611 g/mol. The summed E-state index contributed by atoms with van der Waals surface area (Å²) < 4.78 is 7.61. The molecule has 0 spiro atoms. The van der Waals surface area contributed by atoms with Crippen molar-refractivity contribution < 1.29 is 9.53 Å². The fourth-order valence-corrected chi connectivity index (χ4v) is 5.94. The first kappa shape index (κ1) is 31.9. The summed E-state index contributed by atoms with van der Waals surface area (Å²) in [6, 6.07) is 12.8. The molecule has 2 aromatic heterocycles. The van der Waals surface area contributed by atoms with E-state index >= 15 is 0 Å². The second kappa shape index (κ2) is 14.5. The van der Waals surface area contributed by atoms with Crippen molar-refractivity contribution in [2.45, 2.75) is 45.7 Å². The van der Waals surface area contributed by atoms with Gasteiger partial charge in [-0.3, -0.25) is 19.3 Å². The Bertz CT molecular complexity index is 1630. The highest BCUT2D eigenvalue weighted by Gasteiger charge is 2.24. The zero-order valence-electron chi connectivity index (χ0n) is 27.0. The molecule has 5 rings (SSSR count). The zero-order valence-corrected chi connectivity index (χ0v) is 27.0. The Morgan fingerprint density at radius 1 is 1.07 bits per heavy atom. The number of nitrogens with one attached hydrogen (secondary N) is 3. The molecule has 3 heterocycles. The Balaban J connectivity index is 1.32. The van der Waals surface area contributed by atoms with Gasteiger partial charge >= 0.3 is 0 Å². The summed E-state index contributed by atoms with van der Waals surface area (Å²) >= 11 is 0. The van der Waals surface area contributed by atoms with E-state index in [1.165, 1.54) is 6.08 Å². The lowest BCUT2D eigenvalue weighted by Crippen LogP contribution is -2.52. The number of fused-ring (bicyclic) bond motifs is 1. The number of methoxy groups -OCH3 is 1. The van der Waals surface area contributed by atoms with E-state index in [1.807, 2.05) is 48.3 Å². The van der Waals surface area contributed by atoms with Gasteiger partial charge in [0.15, 0.2) is 0 Å². The number of benzene rings is 2. The van der Waals surface area contributed by atoms with E-state index in [1.54, 1.807) is 13.3 Å². The number of aromatic nitrogens is 4. The number of hydrogen-bond acceptors (Lipinski definition) is 9. The second-order valence-corrected chi connectivity index (χ2v) is 11.7. The molecule has 0 radical (unpaired) electrons. The highest BCUT2D eigenvalue weighted by molar-refractivity contribution is 6.02. The normalized spacial score (nSPS) is 14.8. The first-order valence-electron chi connectivity index (χ1n) is 15.7. The Morgan fingerprint density at radius 3 is 2.56 bits per heavy atom. The number of nitrogens with zero attached hydrogens (tertiary/aromatic N) is 6. The number of rotatable bonds is 13. The molecule has 45 heavy (non-hydrogen) atoms. The van der Waals surface area contributed by atoms with Crippen LogP contribution in [0.5, 0.6) is 5.75 Å². The lowest BCUT2D eigenvalue weighted by Gasteiger charge is -2.40. The highest BCUT2D eigenvalue weighted by Crippen LogP contribution is 2.37. The van der Waals surface area contributed by atoms with E-state index in [0.29, 0.717) is 35.2 Å². The van der Waals surface area contributed by atoms with Crippen LogP contribution in [0.25, 0.3) is 22.2 Å². The van der Waals surface area contributed by atoms with Gasteiger partial charge in [0, 0.05) is 75.1 Å². The topological polar surface area (TPSA) is 112 Å². The molecule has 4 aromatic rings. The molecule has 0 bridgehead atoms. The van der Waals surface area contributed by atoms with Gasteiger partial charge in [-0.25, -0.2) is 9.97 Å². The van der Waals surface area contributed by atoms with Crippen LogP contribution in [0.3, 0.4) is 0 Å². The molecule has 11 heteroatoms. The quantitative estimate of drug-likeness (QED) is 0.168. The molecule has 1 fully saturated rings. The van der Waals surface area contributed by atoms with Crippen molar-refractivity contribution in [3.8, 4) is 17.0 Å². The molecule has 1 aliphatic heterocycles. The SMILES string of the molecule is C=CC(=O)Nc1cc(Nc2nccc(-c3ccc4c(cnn4C)c3)n2)c(OC)cc1NCCC(CC)N1CCN(C(C)C)CC1. The average Bonchev–Trinajstić information content (AvgIpc) is 3.43. The van der Waals surface area contributed by atoms with E-state index in [4.69, 9.17) is 9.72 Å². The molecule has 1 atom stereocenters. The van der Waals surface area contributed by atoms with E-state index in [-0.39, 0.29) is 5.91 Å². The maximum absolute atomic E-state index is 12.4. The molecule has 0 aliphatic carbocycles. The number of carbonyl (C=O) groups is 1. The minimum absolute atomic E-state index is 0.298. The molecule has 2 aromatic carbocycles. The van der Waals surface area contributed by atoms with Crippen molar-refractivity contribution in [1.82, 2.24) is 29.5 Å². The van der Waals surface area contributed by atoms with Gasteiger partial charge in [0.1, 0.15) is 5.75 Å². The molecule has 0 saturated carbocycles. The van der Waals surface area contributed by atoms with Crippen LogP contribution in [0.15, 0.2) is 61.4 Å². The number of anilines is 4. The highest BCUT2D eigenvalue weighted by atomic mass is 16.5. The maximum atomic E-state index is 12.4. The lowest BCUT2D eigenvalue weighted by atomic mass is 10.1. The minimum atomic E-state index is -0.298. The molecule has 1 amide bonds. The molecule has 1 aliphatic rings. The van der Waals surface area contributed by atoms with Gasteiger partial charge in [-0.1, -0.05) is 19.6 Å². The van der Waals surface area contributed by atoms with Gasteiger partial charge in [-0.2, -0.15) is 5.10 Å². The van der Waals surface area contributed by atoms with E-state index < -0.39 is 0 Å². The van der Waals surface area contributed by atoms with Crippen molar-refractivity contribution in [1.29, 1.82) is 0 Å². The van der Waals surface area contributed by atoms with Gasteiger partial charge in [-0.05, 0) is 57.0 Å². The summed E-state index contributed by atoms with van der Waals surface area (Å²) in [5.74, 6) is 0.701. The third-order valence-corrected chi connectivity index (χ3v) is 8.59. The molecular weight excluding hydrogens is 566 g/mol. The van der Waals surface area contributed by atoms with Crippen LogP contribution in [-0.2, 0) is 11.8 Å².